The minimum atomic E-state index is 0.645. The van der Waals surface area contributed by atoms with Crippen molar-refractivity contribution in [2.75, 3.05) is 24.5 Å². The molecule has 1 unspecified atom stereocenters. The van der Waals surface area contributed by atoms with Gasteiger partial charge < -0.3 is 15.2 Å². The smallest absolute Gasteiger partial charge is 0.205 e. The van der Waals surface area contributed by atoms with E-state index in [0.717, 1.165) is 44.2 Å². The molecule has 0 radical (unpaired) electrons. The molecule has 4 heteroatoms. The number of anilines is 1. The third kappa shape index (κ3) is 2.21. The summed E-state index contributed by atoms with van der Waals surface area (Å²) >= 11 is 0. The zero-order valence-electron chi connectivity index (χ0n) is 10.3. The maximum Gasteiger partial charge on any atom is 0.205 e. The van der Waals surface area contributed by atoms with Gasteiger partial charge in [-0.2, -0.15) is 0 Å². The predicted molar refractivity (Wildman–Crippen MR) is 66.6 cm³/mol. The SMILES string of the molecule is CCCn1cc(C)nc1N1CCC(CN)C1. The topological polar surface area (TPSA) is 47.1 Å². The quantitative estimate of drug-likeness (QED) is 0.837. The van der Waals surface area contributed by atoms with Crippen molar-refractivity contribution in [2.24, 2.45) is 11.7 Å². The lowest BCUT2D eigenvalue weighted by Crippen LogP contribution is -2.25. The van der Waals surface area contributed by atoms with E-state index in [-0.39, 0.29) is 0 Å². The number of nitrogens with two attached hydrogens (primary N) is 1. The summed E-state index contributed by atoms with van der Waals surface area (Å²) in [7, 11) is 0. The fraction of sp³-hybridized carbons (Fsp3) is 0.750. The summed E-state index contributed by atoms with van der Waals surface area (Å²) in [4.78, 5) is 7.00. The Morgan fingerprint density at radius 3 is 3.00 bits per heavy atom. The number of hydrogen-bond donors (Lipinski definition) is 1. The first-order valence-corrected chi connectivity index (χ1v) is 6.23. The minimum Gasteiger partial charge on any atom is -0.342 e. The van der Waals surface area contributed by atoms with Crippen LogP contribution in [0.2, 0.25) is 0 Å². The van der Waals surface area contributed by atoms with Gasteiger partial charge in [0.2, 0.25) is 5.95 Å². The van der Waals surface area contributed by atoms with Crippen LogP contribution in [0.3, 0.4) is 0 Å². The summed E-state index contributed by atoms with van der Waals surface area (Å²) in [6.07, 6.45) is 4.50. The third-order valence-corrected chi connectivity index (χ3v) is 3.24. The van der Waals surface area contributed by atoms with Gasteiger partial charge in [-0.3, -0.25) is 0 Å². The Kier molecular flexibility index (Phi) is 3.49. The van der Waals surface area contributed by atoms with Gasteiger partial charge in [-0.15, -0.1) is 0 Å². The van der Waals surface area contributed by atoms with Crippen LogP contribution in [0.1, 0.15) is 25.5 Å². The van der Waals surface area contributed by atoms with E-state index in [1.165, 1.54) is 6.42 Å². The average molecular weight is 222 g/mol. The van der Waals surface area contributed by atoms with Crippen LogP contribution < -0.4 is 10.6 Å². The maximum atomic E-state index is 5.72. The van der Waals surface area contributed by atoms with E-state index in [9.17, 15) is 0 Å². The standard InChI is InChI=1S/C12H22N4/c1-3-5-15-8-10(2)14-12(15)16-6-4-11(7-13)9-16/h8,11H,3-7,9,13H2,1-2H3. The van der Waals surface area contributed by atoms with E-state index in [2.05, 4.69) is 34.5 Å². The molecule has 0 spiro atoms. The lowest BCUT2D eigenvalue weighted by atomic mass is 10.1. The van der Waals surface area contributed by atoms with Gasteiger partial charge in [0.1, 0.15) is 0 Å². The molecule has 0 bridgehead atoms. The first-order valence-electron chi connectivity index (χ1n) is 6.23. The van der Waals surface area contributed by atoms with E-state index >= 15 is 0 Å². The van der Waals surface area contributed by atoms with E-state index < -0.39 is 0 Å². The summed E-state index contributed by atoms with van der Waals surface area (Å²) in [6, 6.07) is 0. The molecule has 1 atom stereocenters. The highest BCUT2D eigenvalue weighted by Gasteiger charge is 2.24. The molecular formula is C12H22N4. The molecule has 90 valence electrons. The van der Waals surface area contributed by atoms with Crippen LogP contribution in [-0.4, -0.2) is 29.2 Å². The lowest BCUT2D eigenvalue weighted by Gasteiger charge is -2.18. The number of hydrogen-bond acceptors (Lipinski definition) is 3. The van der Waals surface area contributed by atoms with Gasteiger partial charge in [-0.25, -0.2) is 4.98 Å². The monoisotopic (exact) mass is 222 g/mol. The fourth-order valence-corrected chi connectivity index (χ4v) is 2.40. The molecule has 0 amide bonds. The molecule has 2 heterocycles. The lowest BCUT2D eigenvalue weighted by molar-refractivity contribution is 0.598. The molecule has 2 N–H and O–H groups in total. The molecule has 4 nitrogen and oxygen atoms in total. The van der Waals surface area contributed by atoms with E-state index in [0.29, 0.717) is 5.92 Å². The van der Waals surface area contributed by atoms with Gasteiger partial charge in [0.05, 0.1) is 5.69 Å². The Labute approximate surface area is 97.4 Å². The number of aromatic nitrogens is 2. The first-order chi connectivity index (χ1) is 7.74. The molecule has 1 saturated heterocycles. The Bertz CT molecular complexity index is 345. The van der Waals surface area contributed by atoms with Gasteiger partial charge >= 0.3 is 0 Å². The number of nitrogens with zero attached hydrogens (tertiary/aromatic N) is 3. The second-order valence-corrected chi connectivity index (χ2v) is 4.71. The molecule has 0 aliphatic carbocycles. The zero-order chi connectivity index (χ0) is 11.5. The highest BCUT2D eigenvalue weighted by molar-refractivity contribution is 5.35. The number of aryl methyl sites for hydroxylation is 2. The van der Waals surface area contributed by atoms with Crippen molar-refractivity contribution in [3.63, 3.8) is 0 Å². The van der Waals surface area contributed by atoms with Crippen LogP contribution in [0.25, 0.3) is 0 Å². The van der Waals surface area contributed by atoms with Crippen molar-refractivity contribution in [3.8, 4) is 0 Å². The first kappa shape index (κ1) is 11.5. The average Bonchev–Trinajstić information content (AvgIpc) is 2.85. The molecule has 1 aliphatic rings. The Balaban J connectivity index is 2.13. The van der Waals surface area contributed by atoms with Gasteiger partial charge in [-0.05, 0) is 32.2 Å². The summed E-state index contributed by atoms with van der Waals surface area (Å²) in [5, 5.41) is 0. The second kappa shape index (κ2) is 4.87. The van der Waals surface area contributed by atoms with Crippen LogP contribution in [0, 0.1) is 12.8 Å². The van der Waals surface area contributed by atoms with E-state index in [4.69, 9.17) is 5.73 Å². The van der Waals surface area contributed by atoms with Crippen molar-refractivity contribution in [3.05, 3.63) is 11.9 Å². The van der Waals surface area contributed by atoms with Crippen molar-refractivity contribution in [1.82, 2.24) is 9.55 Å². The van der Waals surface area contributed by atoms with Crippen molar-refractivity contribution >= 4 is 5.95 Å². The summed E-state index contributed by atoms with van der Waals surface area (Å²) in [6.45, 7) is 8.28. The van der Waals surface area contributed by atoms with E-state index in [1.54, 1.807) is 0 Å². The van der Waals surface area contributed by atoms with E-state index in [1.807, 2.05) is 0 Å². The van der Waals surface area contributed by atoms with Gasteiger partial charge in [0, 0.05) is 25.8 Å². The molecule has 1 aromatic rings. The highest BCUT2D eigenvalue weighted by Crippen LogP contribution is 2.23. The summed E-state index contributed by atoms with van der Waals surface area (Å²) < 4.78 is 2.27. The molecule has 1 aromatic heterocycles. The van der Waals surface area contributed by atoms with Crippen molar-refractivity contribution < 1.29 is 0 Å². The molecule has 0 aromatic carbocycles. The van der Waals surface area contributed by atoms with Gasteiger partial charge in [-0.1, -0.05) is 6.92 Å². The molecule has 16 heavy (non-hydrogen) atoms. The summed E-state index contributed by atoms with van der Waals surface area (Å²) in [5.41, 5.74) is 6.83. The third-order valence-electron chi connectivity index (χ3n) is 3.24. The second-order valence-electron chi connectivity index (χ2n) is 4.71. The fourth-order valence-electron chi connectivity index (χ4n) is 2.40. The Morgan fingerprint density at radius 1 is 1.56 bits per heavy atom. The number of imidazole rings is 1. The molecule has 1 aliphatic heterocycles. The Hall–Kier alpha value is -1.03. The molecule has 0 saturated carbocycles. The maximum absolute atomic E-state index is 5.72. The minimum absolute atomic E-state index is 0.645. The highest BCUT2D eigenvalue weighted by atomic mass is 15.3. The van der Waals surface area contributed by atoms with Crippen LogP contribution in [0.15, 0.2) is 6.20 Å². The predicted octanol–water partition coefficient (Wildman–Crippen LogP) is 1.39. The van der Waals surface area contributed by atoms with Crippen LogP contribution >= 0.6 is 0 Å². The van der Waals surface area contributed by atoms with Crippen molar-refractivity contribution in [1.29, 1.82) is 0 Å². The summed E-state index contributed by atoms with van der Waals surface area (Å²) in [5.74, 6) is 1.78. The van der Waals surface area contributed by atoms with Gasteiger partial charge in [0.25, 0.3) is 0 Å². The molecule has 1 fully saturated rings. The number of rotatable bonds is 4. The molecular weight excluding hydrogens is 200 g/mol. The van der Waals surface area contributed by atoms with Crippen molar-refractivity contribution in [2.45, 2.75) is 33.2 Å². The van der Waals surface area contributed by atoms with Gasteiger partial charge in [0.15, 0.2) is 0 Å². The van der Waals surface area contributed by atoms with Crippen LogP contribution in [0.5, 0.6) is 0 Å². The van der Waals surface area contributed by atoms with Crippen LogP contribution in [0.4, 0.5) is 5.95 Å². The normalized spacial score (nSPS) is 20.7. The Morgan fingerprint density at radius 2 is 2.38 bits per heavy atom. The largest absolute Gasteiger partial charge is 0.342 e. The zero-order valence-corrected chi connectivity index (χ0v) is 10.3. The van der Waals surface area contributed by atoms with Crippen LogP contribution in [-0.2, 0) is 6.54 Å². The molecule has 2 rings (SSSR count).